The van der Waals surface area contributed by atoms with E-state index >= 15 is 0 Å². The van der Waals surface area contributed by atoms with E-state index in [4.69, 9.17) is 9.47 Å². The Morgan fingerprint density at radius 3 is 2.46 bits per heavy atom. The highest BCUT2D eigenvalue weighted by Crippen LogP contribution is 2.46. The minimum absolute atomic E-state index is 0.0692. The molecule has 0 unspecified atom stereocenters. The molecule has 1 saturated heterocycles. The Morgan fingerprint density at radius 1 is 1.06 bits per heavy atom. The Morgan fingerprint density at radius 2 is 1.78 bits per heavy atom. The Kier molecular flexibility index (Phi) is 11.1. The first-order chi connectivity index (χ1) is 23.6. The van der Waals surface area contributed by atoms with Gasteiger partial charge in [0, 0.05) is 25.9 Å². The summed E-state index contributed by atoms with van der Waals surface area (Å²) in [6, 6.07) is 7.12. The predicted molar refractivity (Wildman–Crippen MR) is 183 cm³/mol. The summed E-state index contributed by atoms with van der Waals surface area (Å²) in [5, 5.41) is 4.85. The first kappa shape index (κ1) is 37.1. The molecule has 2 saturated carbocycles. The van der Waals surface area contributed by atoms with Gasteiger partial charge in [0.1, 0.15) is 29.3 Å². The van der Waals surface area contributed by atoms with Crippen molar-refractivity contribution >= 4 is 39.9 Å². The molecule has 0 spiro atoms. The number of rotatable bonds is 7. The molecular weight excluding hydrogens is 666 g/mol. The van der Waals surface area contributed by atoms with Crippen LogP contribution in [0, 0.1) is 5.92 Å². The number of ether oxygens (including phenoxy) is 2. The molecule has 0 bridgehead atoms. The van der Waals surface area contributed by atoms with Crippen molar-refractivity contribution in [2.45, 2.75) is 120 Å². The third-order valence-corrected chi connectivity index (χ3v) is 11.2. The number of allylic oxidation sites excluding steroid dienone is 1. The number of nitrogens with zero attached hydrogens (tertiary/aromatic N) is 2. The van der Waals surface area contributed by atoms with Gasteiger partial charge in [0.25, 0.3) is 5.91 Å². The van der Waals surface area contributed by atoms with Crippen LogP contribution in [0.25, 0.3) is 0 Å². The highest BCUT2D eigenvalue weighted by molar-refractivity contribution is 7.91. The number of carbonyl (C=O) groups excluding carboxylic acids is 5. The molecule has 2 aliphatic heterocycles. The number of hydrogen-bond donors (Lipinski definition) is 3. The zero-order valence-corrected chi connectivity index (χ0v) is 30.0. The maximum absolute atomic E-state index is 14.2. The first-order valence-corrected chi connectivity index (χ1v) is 18.9. The molecule has 4 aliphatic rings. The van der Waals surface area contributed by atoms with E-state index in [9.17, 15) is 32.4 Å². The molecule has 15 heteroatoms. The van der Waals surface area contributed by atoms with Crippen LogP contribution in [-0.4, -0.2) is 96.3 Å². The quantitative estimate of drug-likeness (QED) is 0.358. The van der Waals surface area contributed by atoms with Gasteiger partial charge in [0.15, 0.2) is 0 Å². The maximum Gasteiger partial charge on any atom is 0.410 e. The third-order valence-electron chi connectivity index (χ3n) is 9.38. The SMILES string of the molecule is CN(Cc1ccccc1)C(=O)O[C@@H]1C[C@H]2C(=O)N[C@]3(C(=O)NS(=O)(=O)C4CC4)C[C@H]3/C=C\CCCCC[C@H](NC(=O)OC(C)(C)C)C(=O)N2C1. The highest BCUT2D eigenvalue weighted by atomic mass is 32.2. The molecule has 2 aliphatic carbocycles. The van der Waals surface area contributed by atoms with Crippen molar-refractivity contribution in [3.05, 3.63) is 48.0 Å². The molecule has 5 rings (SSSR count). The standard InChI is InChI=1S/C35H49N5O9S/c1-34(2,3)49-32(44)36-27-16-12-7-5-6-11-15-24-20-35(24,31(43)38-50(46,47)26-17-18-26)37-29(41)28-19-25(22-40(28)30(27)42)48-33(45)39(4)21-23-13-9-8-10-14-23/h8-11,13-15,24-28H,5-7,12,16-22H2,1-4H3,(H,36,44)(H,37,41)(H,38,43)/b15-11-/t24-,25-,27+,28+,35-/m1/s1. The summed E-state index contributed by atoms with van der Waals surface area (Å²) in [5.74, 6) is -2.50. The van der Waals surface area contributed by atoms with Gasteiger partial charge < -0.3 is 29.9 Å². The van der Waals surface area contributed by atoms with Gasteiger partial charge in [0.05, 0.1) is 11.8 Å². The molecule has 0 radical (unpaired) electrons. The number of hydrogen-bond acceptors (Lipinski definition) is 9. The van der Waals surface area contributed by atoms with Crippen LogP contribution in [0.5, 0.6) is 0 Å². The van der Waals surface area contributed by atoms with Crippen LogP contribution in [0.3, 0.4) is 0 Å². The molecule has 1 aromatic carbocycles. The van der Waals surface area contributed by atoms with Gasteiger partial charge in [-0.15, -0.1) is 0 Å². The Hall–Kier alpha value is -4.14. The fourth-order valence-electron chi connectivity index (χ4n) is 6.45. The zero-order chi connectivity index (χ0) is 36.3. The molecule has 1 aromatic rings. The number of carbonyl (C=O) groups is 5. The van der Waals surface area contributed by atoms with Crippen LogP contribution in [0.2, 0.25) is 0 Å². The van der Waals surface area contributed by atoms with Crippen LogP contribution >= 0.6 is 0 Å². The Balaban J connectivity index is 1.40. The van der Waals surface area contributed by atoms with Gasteiger partial charge in [0.2, 0.25) is 21.8 Å². The van der Waals surface area contributed by atoms with Crippen LogP contribution in [0.1, 0.15) is 84.1 Å². The summed E-state index contributed by atoms with van der Waals surface area (Å²) >= 11 is 0. The van der Waals surface area contributed by atoms with Crippen LogP contribution in [0.15, 0.2) is 42.5 Å². The second kappa shape index (κ2) is 15.0. The van der Waals surface area contributed by atoms with E-state index in [1.807, 2.05) is 42.5 Å². The Labute approximate surface area is 293 Å². The fourth-order valence-corrected chi connectivity index (χ4v) is 7.82. The van der Waals surface area contributed by atoms with E-state index in [1.54, 1.807) is 27.8 Å². The van der Waals surface area contributed by atoms with Gasteiger partial charge in [-0.05, 0) is 64.9 Å². The van der Waals surface area contributed by atoms with Crippen molar-refractivity contribution in [2.24, 2.45) is 5.92 Å². The van der Waals surface area contributed by atoms with E-state index in [1.165, 1.54) is 9.80 Å². The average molecular weight is 716 g/mol. The summed E-state index contributed by atoms with van der Waals surface area (Å²) in [7, 11) is -2.31. The molecule has 5 amide bonds. The zero-order valence-electron chi connectivity index (χ0n) is 29.2. The summed E-state index contributed by atoms with van der Waals surface area (Å²) in [6.07, 6.45) is 5.58. The molecule has 5 atom stereocenters. The van der Waals surface area contributed by atoms with Gasteiger partial charge in [-0.1, -0.05) is 55.3 Å². The van der Waals surface area contributed by atoms with Crippen molar-refractivity contribution in [1.82, 2.24) is 25.2 Å². The number of alkyl carbamates (subject to hydrolysis) is 1. The van der Waals surface area contributed by atoms with Crippen LogP contribution in [0.4, 0.5) is 9.59 Å². The van der Waals surface area contributed by atoms with Crippen molar-refractivity contribution in [3.8, 4) is 0 Å². The molecular formula is C35H49N5O9S. The van der Waals surface area contributed by atoms with Crippen LogP contribution in [-0.2, 0) is 40.4 Å². The lowest BCUT2D eigenvalue weighted by molar-refractivity contribution is -0.141. The molecule has 274 valence electrons. The van der Waals surface area contributed by atoms with Crippen molar-refractivity contribution < 1.29 is 41.9 Å². The van der Waals surface area contributed by atoms with Gasteiger partial charge >= 0.3 is 12.2 Å². The monoisotopic (exact) mass is 715 g/mol. The molecule has 50 heavy (non-hydrogen) atoms. The second-order valence-electron chi connectivity index (χ2n) is 14.8. The topological polar surface area (TPSA) is 181 Å². The summed E-state index contributed by atoms with van der Waals surface area (Å²) < 4.78 is 38.9. The normalized spacial score (nSPS) is 28.0. The molecule has 3 N–H and O–H groups in total. The number of nitrogens with one attached hydrogen (secondary N) is 3. The smallest absolute Gasteiger partial charge is 0.410 e. The summed E-state index contributed by atoms with van der Waals surface area (Å²) in [6.45, 7) is 5.27. The molecule has 0 aromatic heterocycles. The lowest BCUT2D eigenvalue weighted by Crippen LogP contribution is -2.58. The minimum Gasteiger partial charge on any atom is -0.444 e. The number of sulfonamides is 1. The van der Waals surface area contributed by atoms with Gasteiger partial charge in [-0.2, -0.15) is 0 Å². The van der Waals surface area contributed by atoms with E-state index in [-0.39, 0.29) is 32.4 Å². The van der Waals surface area contributed by atoms with E-state index in [2.05, 4.69) is 15.4 Å². The maximum atomic E-state index is 14.2. The summed E-state index contributed by atoms with van der Waals surface area (Å²) in [5.41, 5.74) is -1.45. The largest absolute Gasteiger partial charge is 0.444 e. The van der Waals surface area contributed by atoms with E-state index in [0.717, 1.165) is 18.4 Å². The van der Waals surface area contributed by atoms with Crippen molar-refractivity contribution in [2.75, 3.05) is 13.6 Å². The van der Waals surface area contributed by atoms with Gasteiger partial charge in [-0.3, -0.25) is 19.1 Å². The number of benzene rings is 1. The second-order valence-corrected chi connectivity index (χ2v) is 16.8. The molecule has 14 nitrogen and oxygen atoms in total. The first-order valence-electron chi connectivity index (χ1n) is 17.4. The summed E-state index contributed by atoms with van der Waals surface area (Å²) in [4.78, 5) is 70.6. The lowest BCUT2D eigenvalue weighted by atomic mass is 10.0. The van der Waals surface area contributed by atoms with Crippen molar-refractivity contribution in [3.63, 3.8) is 0 Å². The minimum atomic E-state index is -3.90. The highest BCUT2D eigenvalue weighted by Gasteiger charge is 2.62. The fraction of sp³-hybridized carbons (Fsp3) is 0.629. The number of fused-ring (bicyclic) bond motifs is 2. The van der Waals surface area contributed by atoms with Crippen LogP contribution < -0.4 is 15.4 Å². The van der Waals surface area contributed by atoms with Crippen molar-refractivity contribution in [1.29, 1.82) is 0 Å². The lowest BCUT2D eigenvalue weighted by Gasteiger charge is -2.30. The third kappa shape index (κ3) is 9.34. The Bertz CT molecular complexity index is 1590. The predicted octanol–water partition coefficient (Wildman–Crippen LogP) is 3.12. The van der Waals surface area contributed by atoms with Gasteiger partial charge in [-0.25, -0.2) is 18.0 Å². The average Bonchev–Trinajstić information content (AvgIpc) is 3.96. The molecule has 3 fully saturated rings. The number of amides is 5. The molecule has 2 heterocycles. The van der Waals surface area contributed by atoms with E-state index in [0.29, 0.717) is 25.7 Å². The van der Waals surface area contributed by atoms with E-state index < -0.39 is 80.4 Å².